The molecule has 2 rings (SSSR count). The maximum Gasteiger partial charge on any atom is 0.160 e. The maximum absolute atomic E-state index is 13.4. The first-order valence-corrected chi connectivity index (χ1v) is 5.98. The number of rotatable bonds is 2. The molecule has 0 aliphatic rings. The Morgan fingerprint density at radius 3 is 2.26 bits per heavy atom. The van der Waals surface area contributed by atoms with E-state index in [0.717, 1.165) is 12.1 Å². The lowest BCUT2D eigenvalue weighted by Gasteiger charge is -2.14. The Labute approximate surface area is 113 Å². The van der Waals surface area contributed by atoms with Crippen molar-refractivity contribution in [1.82, 2.24) is 0 Å². The minimum absolute atomic E-state index is 0.00593. The summed E-state index contributed by atoms with van der Waals surface area (Å²) in [7, 11) is 0. The lowest BCUT2D eigenvalue weighted by atomic mass is 9.95. The molecule has 0 aliphatic carbocycles. The van der Waals surface area contributed by atoms with Gasteiger partial charge in [-0.15, -0.1) is 0 Å². The van der Waals surface area contributed by atoms with Crippen molar-refractivity contribution in [2.75, 3.05) is 0 Å². The van der Waals surface area contributed by atoms with Crippen LogP contribution in [0.5, 0.6) is 0 Å². The second-order valence-electron chi connectivity index (χ2n) is 4.27. The van der Waals surface area contributed by atoms with Gasteiger partial charge >= 0.3 is 0 Å². The molecule has 1 atom stereocenters. The fourth-order valence-electron chi connectivity index (χ4n) is 1.89. The van der Waals surface area contributed by atoms with Gasteiger partial charge in [-0.3, -0.25) is 0 Å². The summed E-state index contributed by atoms with van der Waals surface area (Å²) in [5.41, 5.74) is 6.97. The second-order valence-corrected chi connectivity index (χ2v) is 4.67. The van der Waals surface area contributed by atoms with Gasteiger partial charge < -0.3 is 5.73 Å². The van der Waals surface area contributed by atoms with Gasteiger partial charge in [0.15, 0.2) is 11.6 Å². The first kappa shape index (κ1) is 13.9. The predicted molar refractivity (Wildman–Crippen MR) is 69.4 cm³/mol. The molecule has 2 aromatic carbocycles. The molecule has 0 aliphatic heterocycles. The third kappa shape index (κ3) is 2.74. The highest BCUT2D eigenvalue weighted by atomic mass is 35.5. The van der Waals surface area contributed by atoms with Crippen LogP contribution in [0.1, 0.15) is 18.5 Å². The van der Waals surface area contributed by atoms with Gasteiger partial charge in [0.2, 0.25) is 0 Å². The van der Waals surface area contributed by atoms with Gasteiger partial charge in [0.1, 0.15) is 5.82 Å². The number of halogens is 4. The lowest BCUT2D eigenvalue weighted by Crippen LogP contribution is -2.07. The van der Waals surface area contributed by atoms with E-state index in [9.17, 15) is 13.2 Å². The van der Waals surface area contributed by atoms with E-state index in [-0.39, 0.29) is 16.6 Å². The van der Waals surface area contributed by atoms with Crippen LogP contribution in [0.15, 0.2) is 30.3 Å². The Balaban J connectivity index is 2.71. The third-order valence-electron chi connectivity index (χ3n) is 2.81. The van der Waals surface area contributed by atoms with E-state index in [1.165, 1.54) is 18.2 Å². The van der Waals surface area contributed by atoms with E-state index < -0.39 is 17.5 Å². The summed E-state index contributed by atoms with van der Waals surface area (Å²) in [6, 6.07) is 5.39. The molecule has 1 unspecified atom stereocenters. The molecule has 2 N–H and O–H groups in total. The minimum Gasteiger partial charge on any atom is -0.324 e. The van der Waals surface area contributed by atoms with Crippen molar-refractivity contribution >= 4 is 11.6 Å². The van der Waals surface area contributed by atoms with Crippen LogP contribution >= 0.6 is 11.6 Å². The molecular formula is C14H11ClF3N. The molecule has 2 aromatic rings. The van der Waals surface area contributed by atoms with Crippen molar-refractivity contribution in [3.05, 3.63) is 58.4 Å². The highest BCUT2D eigenvalue weighted by Gasteiger charge is 2.15. The first-order valence-electron chi connectivity index (χ1n) is 5.60. The molecule has 5 heteroatoms. The Kier molecular flexibility index (Phi) is 3.83. The van der Waals surface area contributed by atoms with Gasteiger partial charge in [-0.05, 0) is 42.3 Å². The average molecular weight is 286 g/mol. The van der Waals surface area contributed by atoms with Gasteiger partial charge in [-0.1, -0.05) is 17.7 Å². The van der Waals surface area contributed by atoms with Crippen LogP contribution in [0, 0.1) is 17.5 Å². The van der Waals surface area contributed by atoms with E-state index in [1.54, 1.807) is 6.92 Å². The summed E-state index contributed by atoms with van der Waals surface area (Å²) in [4.78, 5) is 0. The van der Waals surface area contributed by atoms with E-state index >= 15 is 0 Å². The molecule has 0 saturated heterocycles. The van der Waals surface area contributed by atoms with Crippen LogP contribution in [0.2, 0.25) is 5.02 Å². The van der Waals surface area contributed by atoms with Crippen LogP contribution in [0.3, 0.4) is 0 Å². The van der Waals surface area contributed by atoms with Crippen molar-refractivity contribution < 1.29 is 13.2 Å². The molecule has 0 amide bonds. The molecule has 19 heavy (non-hydrogen) atoms. The molecule has 0 fully saturated rings. The molecular weight excluding hydrogens is 275 g/mol. The zero-order valence-corrected chi connectivity index (χ0v) is 10.8. The average Bonchev–Trinajstić information content (AvgIpc) is 2.33. The SMILES string of the molecule is CC(N)c1ccc(F)cc1-c1cc(F)c(F)cc1Cl. The van der Waals surface area contributed by atoms with Gasteiger partial charge in [0, 0.05) is 11.6 Å². The van der Waals surface area contributed by atoms with Crippen LogP contribution < -0.4 is 5.73 Å². The van der Waals surface area contributed by atoms with E-state index in [2.05, 4.69) is 0 Å². The normalized spacial score (nSPS) is 12.5. The van der Waals surface area contributed by atoms with Gasteiger partial charge in [-0.25, -0.2) is 13.2 Å². The fraction of sp³-hybridized carbons (Fsp3) is 0.143. The fourth-order valence-corrected chi connectivity index (χ4v) is 2.14. The highest BCUT2D eigenvalue weighted by molar-refractivity contribution is 6.33. The second kappa shape index (κ2) is 5.23. The molecule has 0 heterocycles. The third-order valence-corrected chi connectivity index (χ3v) is 3.12. The predicted octanol–water partition coefficient (Wildman–Crippen LogP) is 4.44. The van der Waals surface area contributed by atoms with Crippen molar-refractivity contribution in [2.45, 2.75) is 13.0 Å². The Morgan fingerprint density at radius 2 is 1.63 bits per heavy atom. The summed E-state index contributed by atoms with van der Waals surface area (Å²) in [6.07, 6.45) is 0. The van der Waals surface area contributed by atoms with E-state index in [4.69, 9.17) is 17.3 Å². The van der Waals surface area contributed by atoms with Crippen LogP contribution in [0.25, 0.3) is 11.1 Å². The van der Waals surface area contributed by atoms with Crippen LogP contribution in [-0.4, -0.2) is 0 Å². The first-order chi connectivity index (χ1) is 8.90. The van der Waals surface area contributed by atoms with Crippen LogP contribution in [-0.2, 0) is 0 Å². The van der Waals surface area contributed by atoms with Crippen LogP contribution in [0.4, 0.5) is 13.2 Å². The molecule has 1 nitrogen and oxygen atoms in total. The van der Waals surface area contributed by atoms with Crippen molar-refractivity contribution in [1.29, 1.82) is 0 Å². The molecule has 0 saturated carbocycles. The quantitative estimate of drug-likeness (QED) is 0.811. The molecule has 0 aromatic heterocycles. The van der Waals surface area contributed by atoms with Gasteiger partial charge in [0.25, 0.3) is 0 Å². The summed E-state index contributed by atoms with van der Waals surface area (Å²) in [5, 5.41) is 0.00593. The molecule has 0 radical (unpaired) electrons. The zero-order chi connectivity index (χ0) is 14.2. The van der Waals surface area contributed by atoms with Gasteiger partial charge in [0.05, 0.1) is 5.02 Å². The Bertz CT molecular complexity index is 626. The van der Waals surface area contributed by atoms with Gasteiger partial charge in [-0.2, -0.15) is 0 Å². The number of benzene rings is 2. The maximum atomic E-state index is 13.4. The number of nitrogens with two attached hydrogens (primary N) is 1. The van der Waals surface area contributed by atoms with E-state index in [0.29, 0.717) is 11.1 Å². The Morgan fingerprint density at radius 1 is 1.00 bits per heavy atom. The summed E-state index contributed by atoms with van der Waals surface area (Å²) < 4.78 is 39.7. The number of hydrogen-bond acceptors (Lipinski definition) is 1. The largest absolute Gasteiger partial charge is 0.324 e. The van der Waals surface area contributed by atoms with Crippen molar-refractivity contribution in [3.8, 4) is 11.1 Å². The van der Waals surface area contributed by atoms with E-state index in [1.807, 2.05) is 0 Å². The van der Waals surface area contributed by atoms with Crippen molar-refractivity contribution in [2.24, 2.45) is 5.73 Å². The van der Waals surface area contributed by atoms with Crippen molar-refractivity contribution in [3.63, 3.8) is 0 Å². The summed E-state index contributed by atoms with van der Waals surface area (Å²) >= 11 is 5.90. The summed E-state index contributed by atoms with van der Waals surface area (Å²) in [6.45, 7) is 1.71. The standard InChI is InChI=1S/C14H11ClF3N/c1-7(19)9-3-2-8(16)4-10(9)11-5-13(17)14(18)6-12(11)15/h2-7H,19H2,1H3. The number of hydrogen-bond donors (Lipinski definition) is 1. The lowest BCUT2D eigenvalue weighted by molar-refractivity contribution is 0.509. The smallest absolute Gasteiger partial charge is 0.160 e. The highest BCUT2D eigenvalue weighted by Crippen LogP contribution is 2.34. The molecule has 0 spiro atoms. The molecule has 100 valence electrons. The topological polar surface area (TPSA) is 26.0 Å². The summed E-state index contributed by atoms with van der Waals surface area (Å²) in [5.74, 6) is -2.59. The Hall–Kier alpha value is -1.52. The zero-order valence-electron chi connectivity index (χ0n) is 10.1. The minimum atomic E-state index is -1.05. The monoisotopic (exact) mass is 285 g/mol. The molecule has 0 bridgehead atoms.